The molecule has 0 saturated carbocycles. The summed E-state index contributed by atoms with van der Waals surface area (Å²) < 4.78 is 0. The molecule has 1 aromatic carbocycles. The summed E-state index contributed by atoms with van der Waals surface area (Å²) in [6, 6.07) is 9.42. The molecule has 0 bridgehead atoms. The topological polar surface area (TPSA) is 49.3 Å². The number of aliphatic hydroxyl groups is 1. The van der Waals surface area contributed by atoms with Crippen LogP contribution in [0.5, 0.6) is 0 Å². The minimum absolute atomic E-state index is 0.0232. The Morgan fingerprint density at radius 3 is 2.90 bits per heavy atom. The van der Waals surface area contributed by atoms with Gasteiger partial charge in [0, 0.05) is 16.0 Å². The summed E-state index contributed by atoms with van der Waals surface area (Å²) in [4.78, 5) is 13.4. The highest BCUT2D eigenvalue weighted by Crippen LogP contribution is 2.19. The summed E-state index contributed by atoms with van der Waals surface area (Å²) in [5.74, 6) is 5.31. The number of nitrogens with one attached hydrogen (secondary N) is 1. The first kappa shape index (κ1) is 15.3. The van der Waals surface area contributed by atoms with E-state index in [1.807, 2.05) is 43.5 Å². The highest BCUT2D eigenvalue weighted by atomic mass is 32.1. The highest BCUT2D eigenvalue weighted by Gasteiger charge is 2.12. The minimum Gasteiger partial charge on any atom is -0.384 e. The maximum Gasteiger partial charge on any atom is 0.251 e. The van der Waals surface area contributed by atoms with Crippen molar-refractivity contribution < 1.29 is 9.90 Å². The molecule has 108 valence electrons. The van der Waals surface area contributed by atoms with Crippen LogP contribution < -0.4 is 5.32 Å². The molecule has 1 heterocycles. The Balaban J connectivity index is 2.17. The van der Waals surface area contributed by atoms with Gasteiger partial charge in [-0.25, -0.2) is 0 Å². The van der Waals surface area contributed by atoms with Crippen molar-refractivity contribution in [1.29, 1.82) is 0 Å². The van der Waals surface area contributed by atoms with E-state index in [-0.39, 0.29) is 18.6 Å². The Morgan fingerprint density at radius 1 is 1.43 bits per heavy atom. The van der Waals surface area contributed by atoms with Crippen molar-refractivity contribution in [3.05, 3.63) is 57.3 Å². The second-order valence-corrected chi connectivity index (χ2v) is 5.74. The largest absolute Gasteiger partial charge is 0.384 e. The molecule has 0 aliphatic carbocycles. The summed E-state index contributed by atoms with van der Waals surface area (Å²) in [6.45, 7) is 3.69. The fourth-order valence-corrected chi connectivity index (χ4v) is 2.75. The molecule has 3 nitrogen and oxygen atoms in total. The fourth-order valence-electron chi connectivity index (χ4n) is 2.02. The Bertz CT molecular complexity index is 681. The van der Waals surface area contributed by atoms with Gasteiger partial charge in [0.25, 0.3) is 5.91 Å². The Labute approximate surface area is 128 Å². The predicted octanol–water partition coefficient (Wildman–Crippen LogP) is 2.89. The lowest BCUT2D eigenvalue weighted by Gasteiger charge is -2.12. The number of rotatable bonds is 3. The molecule has 0 radical (unpaired) electrons. The first-order valence-corrected chi connectivity index (χ1v) is 7.54. The summed E-state index contributed by atoms with van der Waals surface area (Å²) in [5, 5.41) is 13.7. The molecule has 0 aliphatic heterocycles. The molecule has 0 fully saturated rings. The molecule has 1 aromatic heterocycles. The van der Waals surface area contributed by atoms with Crippen molar-refractivity contribution >= 4 is 17.2 Å². The summed E-state index contributed by atoms with van der Waals surface area (Å²) in [7, 11) is 0. The van der Waals surface area contributed by atoms with Gasteiger partial charge in [-0.2, -0.15) is 0 Å². The molecule has 21 heavy (non-hydrogen) atoms. The molecule has 2 aromatic rings. The lowest BCUT2D eigenvalue weighted by atomic mass is 10.1. The number of hydrogen-bond donors (Lipinski definition) is 2. The number of thiophene rings is 1. The van der Waals surface area contributed by atoms with Crippen molar-refractivity contribution in [3.8, 4) is 11.8 Å². The van der Waals surface area contributed by atoms with E-state index in [4.69, 9.17) is 5.11 Å². The van der Waals surface area contributed by atoms with Crippen LogP contribution in [0.15, 0.2) is 35.7 Å². The third kappa shape index (κ3) is 4.19. The van der Waals surface area contributed by atoms with E-state index in [0.29, 0.717) is 5.56 Å². The number of aryl methyl sites for hydroxylation is 1. The van der Waals surface area contributed by atoms with Gasteiger partial charge < -0.3 is 10.4 Å². The Morgan fingerprint density at radius 2 is 2.24 bits per heavy atom. The summed E-state index contributed by atoms with van der Waals surface area (Å²) >= 11 is 1.62. The van der Waals surface area contributed by atoms with Gasteiger partial charge in [-0.3, -0.25) is 4.79 Å². The van der Waals surface area contributed by atoms with Gasteiger partial charge in [0.2, 0.25) is 0 Å². The zero-order valence-corrected chi connectivity index (χ0v) is 12.8. The molecule has 1 atom stereocenters. The normalized spacial score (nSPS) is 11.4. The van der Waals surface area contributed by atoms with E-state index >= 15 is 0 Å². The van der Waals surface area contributed by atoms with E-state index < -0.39 is 0 Å². The van der Waals surface area contributed by atoms with Crippen LogP contribution in [-0.2, 0) is 0 Å². The molecule has 2 N–H and O–H groups in total. The van der Waals surface area contributed by atoms with E-state index in [0.717, 1.165) is 16.0 Å². The quantitative estimate of drug-likeness (QED) is 0.856. The second-order valence-electron chi connectivity index (χ2n) is 4.76. The molecular formula is C17H17NO2S. The van der Waals surface area contributed by atoms with Crippen LogP contribution in [0, 0.1) is 18.8 Å². The smallest absolute Gasteiger partial charge is 0.251 e. The van der Waals surface area contributed by atoms with Crippen molar-refractivity contribution in [3.63, 3.8) is 0 Å². The molecule has 1 unspecified atom stereocenters. The summed E-state index contributed by atoms with van der Waals surface area (Å²) in [6.07, 6.45) is 0. The average Bonchev–Trinajstić information content (AvgIpc) is 2.98. The number of carbonyl (C=O) groups is 1. The third-order valence-electron chi connectivity index (χ3n) is 2.97. The molecule has 2 rings (SSSR count). The zero-order chi connectivity index (χ0) is 15.2. The molecule has 0 spiro atoms. The van der Waals surface area contributed by atoms with Gasteiger partial charge in [-0.1, -0.05) is 17.9 Å². The second kappa shape index (κ2) is 7.07. The van der Waals surface area contributed by atoms with Crippen LogP contribution in [0.3, 0.4) is 0 Å². The molecule has 4 heteroatoms. The van der Waals surface area contributed by atoms with Crippen molar-refractivity contribution in [1.82, 2.24) is 5.32 Å². The van der Waals surface area contributed by atoms with E-state index in [1.165, 1.54) is 0 Å². The number of aliphatic hydroxyl groups excluding tert-OH is 1. The number of hydrogen-bond acceptors (Lipinski definition) is 3. The number of carbonyl (C=O) groups excluding carboxylic acids is 1. The maximum absolute atomic E-state index is 12.3. The molecular weight excluding hydrogens is 282 g/mol. The highest BCUT2D eigenvalue weighted by molar-refractivity contribution is 7.10. The number of benzene rings is 1. The van der Waals surface area contributed by atoms with Crippen LogP contribution in [0.2, 0.25) is 0 Å². The Hall–Kier alpha value is -2.09. The van der Waals surface area contributed by atoms with Crippen LogP contribution in [0.4, 0.5) is 0 Å². The average molecular weight is 299 g/mol. The van der Waals surface area contributed by atoms with Crippen LogP contribution >= 0.6 is 11.3 Å². The predicted molar refractivity (Wildman–Crippen MR) is 85.3 cm³/mol. The molecule has 0 aliphatic rings. The lowest BCUT2D eigenvalue weighted by molar-refractivity contribution is 0.0940. The van der Waals surface area contributed by atoms with Gasteiger partial charge in [0.1, 0.15) is 6.61 Å². The van der Waals surface area contributed by atoms with Crippen molar-refractivity contribution in [2.75, 3.05) is 6.61 Å². The zero-order valence-electron chi connectivity index (χ0n) is 12.0. The van der Waals surface area contributed by atoms with Crippen LogP contribution in [0.1, 0.15) is 39.3 Å². The fraction of sp³-hybridized carbons (Fsp3) is 0.235. The SMILES string of the molecule is Cc1cc(C#CCO)cc(C(=O)NC(C)c2cccs2)c1. The van der Waals surface area contributed by atoms with Crippen LogP contribution in [0.25, 0.3) is 0 Å². The minimum atomic E-state index is -0.190. The summed E-state index contributed by atoms with van der Waals surface area (Å²) in [5.41, 5.74) is 2.28. The van der Waals surface area contributed by atoms with E-state index in [1.54, 1.807) is 17.4 Å². The van der Waals surface area contributed by atoms with Gasteiger partial charge in [0.05, 0.1) is 6.04 Å². The van der Waals surface area contributed by atoms with Crippen LogP contribution in [-0.4, -0.2) is 17.6 Å². The van der Waals surface area contributed by atoms with Gasteiger partial charge >= 0.3 is 0 Å². The molecule has 0 saturated heterocycles. The standard InChI is InChI=1S/C17H17NO2S/c1-12-9-14(5-3-7-19)11-15(10-12)17(20)18-13(2)16-6-4-8-21-16/h4,6,8-11,13,19H,7H2,1-2H3,(H,18,20). The van der Waals surface area contributed by atoms with E-state index in [2.05, 4.69) is 17.2 Å². The lowest BCUT2D eigenvalue weighted by Crippen LogP contribution is -2.26. The monoisotopic (exact) mass is 299 g/mol. The number of amides is 1. The first-order valence-electron chi connectivity index (χ1n) is 6.66. The van der Waals surface area contributed by atoms with E-state index in [9.17, 15) is 4.79 Å². The van der Waals surface area contributed by atoms with Crippen molar-refractivity contribution in [2.24, 2.45) is 0 Å². The maximum atomic E-state index is 12.3. The Kier molecular flexibility index (Phi) is 5.15. The molecule has 1 amide bonds. The first-order chi connectivity index (χ1) is 10.1. The third-order valence-corrected chi connectivity index (χ3v) is 4.02. The van der Waals surface area contributed by atoms with Gasteiger partial charge in [0.15, 0.2) is 0 Å². The van der Waals surface area contributed by atoms with Crippen molar-refractivity contribution in [2.45, 2.75) is 19.9 Å². The van der Waals surface area contributed by atoms with Gasteiger partial charge in [-0.15, -0.1) is 11.3 Å². The van der Waals surface area contributed by atoms with Gasteiger partial charge in [-0.05, 0) is 49.1 Å².